The molecule has 0 radical (unpaired) electrons. The average Bonchev–Trinajstić information content (AvgIpc) is 2.63. The van der Waals surface area contributed by atoms with Crippen LogP contribution in [0.5, 0.6) is 0 Å². The van der Waals surface area contributed by atoms with Crippen LogP contribution in [0.2, 0.25) is 0 Å². The largest absolute Gasteiger partial charge is 0.354 e. The number of anilines is 2. The molecule has 1 fully saturated rings. The first kappa shape index (κ1) is 18.2. The third-order valence-corrected chi connectivity index (χ3v) is 5.66. The Morgan fingerprint density at radius 1 is 1.32 bits per heavy atom. The number of piperidine rings is 1. The molecule has 3 rings (SSSR count). The molecule has 1 saturated heterocycles. The summed E-state index contributed by atoms with van der Waals surface area (Å²) in [5.41, 5.74) is 0.791. The molecule has 1 unspecified atom stereocenters. The fraction of sp³-hybridized carbons (Fsp3) is 0.389. The molecule has 0 spiro atoms. The van der Waals surface area contributed by atoms with E-state index in [1.165, 1.54) is 31.0 Å². The van der Waals surface area contributed by atoms with Crippen molar-refractivity contribution in [1.29, 1.82) is 0 Å². The Balaban J connectivity index is 1.56. The second-order valence-corrected chi connectivity index (χ2v) is 8.01. The quantitative estimate of drug-likeness (QED) is 0.575. The Morgan fingerprint density at radius 2 is 2.12 bits per heavy atom. The van der Waals surface area contributed by atoms with E-state index < -0.39 is 0 Å². The molecule has 25 heavy (non-hydrogen) atoms. The van der Waals surface area contributed by atoms with Gasteiger partial charge in [0.1, 0.15) is 17.2 Å². The minimum Gasteiger partial charge on any atom is -0.354 e. The number of thioether (sulfide) groups is 1. The van der Waals surface area contributed by atoms with E-state index in [1.54, 1.807) is 6.33 Å². The van der Waals surface area contributed by atoms with Gasteiger partial charge in [0.05, 0.1) is 5.75 Å². The smallest absolute Gasteiger partial charge is 0.234 e. The van der Waals surface area contributed by atoms with Gasteiger partial charge >= 0.3 is 0 Å². The van der Waals surface area contributed by atoms with Gasteiger partial charge in [0.25, 0.3) is 0 Å². The SMILES string of the molecule is CC1CCCCN1c1cc(SCC(=O)Nc2ccc(Br)cc2)ncn1. The van der Waals surface area contributed by atoms with Crippen molar-refractivity contribution < 1.29 is 4.79 Å². The summed E-state index contributed by atoms with van der Waals surface area (Å²) in [5.74, 6) is 1.24. The summed E-state index contributed by atoms with van der Waals surface area (Å²) < 4.78 is 0.986. The van der Waals surface area contributed by atoms with Crippen LogP contribution in [0.15, 0.2) is 46.2 Å². The Bertz CT molecular complexity index is 725. The first-order valence-corrected chi connectivity index (χ1v) is 10.2. The van der Waals surface area contributed by atoms with E-state index in [0.717, 1.165) is 27.5 Å². The maximum Gasteiger partial charge on any atom is 0.234 e. The van der Waals surface area contributed by atoms with Crippen LogP contribution >= 0.6 is 27.7 Å². The number of aromatic nitrogens is 2. The Kier molecular flexibility index (Phi) is 6.31. The molecule has 0 saturated carbocycles. The van der Waals surface area contributed by atoms with Gasteiger partial charge in [-0.2, -0.15) is 0 Å². The maximum atomic E-state index is 12.1. The van der Waals surface area contributed by atoms with Crippen molar-refractivity contribution in [3.63, 3.8) is 0 Å². The highest BCUT2D eigenvalue weighted by Gasteiger charge is 2.20. The molecule has 5 nitrogen and oxygen atoms in total. The zero-order valence-electron chi connectivity index (χ0n) is 14.1. The summed E-state index contributed by atoms with van der Waals surface area (Å²) in [6.45, 7) is 3.27. The van der Waals surface area contributed by atoms with Crippen LogP contribution in [0.3, 0.4) is 0 Å². The number of carbonyl (C=O) groups is 1. The molecule has 1 aliphatic rings. The number of hydrogen-bond acceptors (Lipinski definition) is 5. The lowest BCUT2D eigenvalue weighted by molar-refractivity contribution is -0.113. The van der Waals surface area contributed by atoms with Crippen molar-refractivity contribution >= 4 is 45.1 Å². The zero-order valence-corrected chi connectivity index (χ0v) is 16.5. The zero-order chi connectivity index (χ0) is 17.6. The van der Waals surface area contributed by atoms with Crippen LogP contribution in [0.1, 0.15) is 26.2 Å². The number of rotatable bonds is 5. The van der Waals surface area contributed by atoms with Crippen LogP contribution < -0.4 is 10.2 Å². The summed E-state index contributed by atoms with van der Waals surface area (Å²) in [6, 6.07) is 10.0. The van der Waals surface area contributed by atoms with Gasteiger partial charge in [-0.05, 0) is 50.5 Å². The third-order valence-electron chi connectivity index (χ3n) is 4.20. The van der Waals surface area contributed by atoms with Crippen LogP contribution in [-0.4, -0.2) is 34.2 Å². The molecular weight excluding hydrogens is 400 g/mol. The molecular formula is C18H21BrN4OS. The monoisotopic (exact) mass is 420 g/mol. The normalized spacial score (nSPS) is 17.4. The summed E-state index contributed by atoms with van der Waals surface area (Å²) in [6.07, 6.45) is 5.26. The summed E-state index contributed by atoms with van der Waals surface area (Å²) in [5, 5.41) is 3.72. The molecule has 2 heterocycles. The summed E-state index contributed by atoms with van der Waals surface area (Å²) in [4.78, 5) is 23.1. The predicted molar refractivity (Wildman–Crippen MR) is 106 cm³/mol. The van der Waals surface area contributed by atoms with Crippen LogP contribution in [0.4, 0.5) is 11.5 Å². The van der Waals surface area contributed by atoms with Gasteiger partial charge < -0.3 is 10.2 Å². The maximum absolute atomic E-state index is 12.1. The molecule has 1 aliphatic heterocycles. The van der Waals surface area contributed by atoms with E-state index in [1.807, 2.05) is 30.3 Å². The van der Waals surface area contributed by atoms with Crippen molar-refractivity contribution in [2.75, 3.05) is 22.5 Å². The first-order valence-electron chi connectivity index (χ1n) is 8.39. The van der Waals surface area contributed by atoms with E-state index in [2.05, 4.69) is 43.0 Å². The average molecular weight is 421 g/mol. The van der Waals surface area contributed by atoms with Crippen molar-refractivity contribution in [3.05, 3.63) is 41.1 Å². The van der Waals surface area contributed by atoms with Gasteiger partial charge in [-0.3, -0.25) is 4.79 Å². The molecule has 1 atom stereocenters. The number of carbonyl (C=O) groups excluding carboxylic acids is 1. The van der Waals surface area contributed by atoms with E-state index in [-0.39, 0.29) is 5.91 Å². The van der Waals surface area contributed by atoms with E-state index in [9.17, 15) is 4.79 Å². The van der Waals surface area contributed by atoms with Crippen molar-refractivity contribution in [3.8, 4) is 0 Å². The lowest BCUT2D eigenvalue weighted by Gasteiger charge is -2.34. The van der Waals surface area contributed by atoms with E-state index in [4.69, 9.17) is 0 Å². The lowest BCUT2D eigenvalue weighted by Crippen LogP contribution is -2.38. The van der Waals surface area contributed by atoms with Gasteiger partial charge in [0.2, 0.25) is 5.91 Å². The van der Waals surface area contributed by atoms with Gasteiger partial charge in [-0.25, -0.2) is 9.97 Å². The number of nitrogens with one attached hydrogen (secondary N) is 1. The summed E-state index contributed by atoms with van der Waals surface area (Å²) in [7, 11) is 0. The van der Waals surface area contributed by atoms with Crippen LogP contribution in [-0.2, 0) is 4.79 Å². The number of benzene rings is 1. The molecule has 132 valence electrons. The molecule has 1 aromatic heterocycles. The topological polar surface area (TPSA) is 58.1 Å². The fourth-order valence-electron chi connectivity index (χ4n) is 2.87. The van der Waals surface area contributed by atoms with Gasteiger partial charge in [-0.1, -0.05) is 27.7 Å². The summed E-state index contributed by atoms with van der Waals surface area (Å²) >= 11 is 4.81. The van der Waals surface area contributed by atoms with Gasteiger partial charge in [-0.15, -0.1) is 0 Å². The molecule has 2 aromatic rings. The second kappa shape index (κ2) is 8.67. The first-order chi connectivity index (χ1) is 12.1. The molecule has 0 aliphatic carbocycles. The van der Waals surface area contributed by atoms with E-state index >= 15 is 0 Å². The molecule has 1 aromatic carbocycles. The highest BCUT2D eigenvalue weighted by atomic mass is 79.9. The number of hydrogen-bond donors (Lipinski definition) is 1. The predicted octanol–water partition coefficient (Wildman–Crippen LogP) is 4.35. The third kappa shape index (κ3) is 5.19. The van der Waals surface area contributed by atoms with Gasteiger partial charge in [0.15, 0.2) is 0 Å². The number of amides is 1. The highest BCUT2D eigenvalue weighted by Crippen LogP contribution is 2.25. The molecule has 1 amide bonds. The van der Waals surface area contributed by atoms with Gasteiger partial charge in [0, 0.05) is 28.8 Å². The van der Waals surface area contributed by atoms with Crippen LogP contribution in [0, 0.1) is 0 Å². The van der Waals surface area contributed by atoms with Crippen molar-refractivity contribution in [1.82, 2.24) is 9.97 Å². The Hall–Kier alpha value is -1.60. The van der Waals surface area contributed by atoms with E-state index in [0.29, 0.717) is 11.8 Å². The Morgan fingerprint density at radius 3 is 2.88 bits per heavy atom. The lowest BCUT2D eigenvalue weighted by atomic mass is 10.0. The number of nitrogens with zero attached hydrogens (tertiary/aromatic N) is 3. The molecule has 7 heteroatoms. The minimum absolute atomic E-state index is 0.0428. The molecule has 0 bridgehead atoms. The molecule has 1 N–H and O–H groups in total. The second-order valence-electron chi connectivity index (χ2n) is 6.10. The fourth-order valence-corrected chi connectivity index (χ4v) is 3.80. The minimum atomic E-state index is -0.0428. The number of halogens is 1. The Labute approximate surface area is 160 Å². The van der Waals surface area contributed by atoms with Crippen LogP contribution in [0.25, 0.3) is 0 Å². The highest BCUT2D eigenvalue weighted by molar-refractivity contribution is 9.10. The van der Waals surface area contributed by atoms with Crippen molar-refractivity contribution in [2.24, 2.45) is 0 Å². The van der Waals surface area contributed by atoms with Crippen molar-refractivity contribution in [2.45, 2.75) is 37.3 Å². The standard InChI is InChI=1S/C18H21BrN4OS/c1-13-4-2-3-9-23(13)16-10-18(21-12-20-16)25-11-17(24)22-15-7-5-14(19)6-8-15/h5-8,10,12-13H,2-4,9,11H2,1H3,(H,22,24).